The van der Waals surface area contributed by atoms with Crippen molar-refractivity contribution < 1.29 is 0 Å². The van der Waals surface area contributed by atoms with Gasteiger partial charge in [-0.1, -0.05) is 50.2 Å². The predicted molar refractivity (Wildman–Crippen MR) is 110 cm³/mol. The van der Waals surface area contributed by atoms with Gasteiger partial charge >= 0.3 is 0 Å². The summed E-state index contributed by atoms with van der Waals surface area (Å²) in [6, 6.07) is 21.8. The molecule has 2 heteroatoms. The highest BCUT2D eigenvalue weighted by Gasteiger charge is 2.35. The molecule has 0 saturated carbocycles. The highest BCUT2D eigenvalue weighted by molar-refractivity contribution is 5.85. The lowest BCUT2D eigenvalue weighted by molar-refractivity contribution is 0.661. The van der Waals surface area contributed by atoms with Crippen molar-refractivity contribution in [2.24, 2.45) is 0 Å². The molecule has 0 aliphatic heterocycles. The smallest absolute Gasteiger partial charge is 0.0346 e. The van der Waals surface area contributed by atoms with Crippen molar-refractivity contribution in [2.75, 3.05) is 0 Å². The van der Waals surface area contributed by atoms with E-state index in [1.165, 1.54) is 33.4 Å². The van der Waals surface area contributed by atoms with Crippen LogP contribution in [0.1, 0.15) is 25.0 Å². The van der Waals surface area contributed by atoms with Crippen LogP contribution in [0.3, 0.4) is 0 Å². The Morgan fingerprint density at radius 3 is 1.48 bits per heavy atom. The Balaban J connectivity index is 1.65. The maximum absolute atomic E-state index is 4.27. The molecular formula is C25H20N2. The van der Waals surface area contributed by atoms with Gasteiger partial charge in [-0.3, -0.25) is 9.97 Å². The van der Waals surface area contributed by atoms with E-state index in [2.05, 4.69) is 72.3 Å². The second-order valence-corrected chi connectivity index (χ2v) is 7.63. The first-order chi connectivity index (χ1) is 13.1. The van der Waals surface area contributed by atoms with Crippen molar-refractivity contribution in [1.29, 1.82) is 0 Å². The molecule has 2 heterocycles. The van der Waals surface area contributed by atoms with E-state index in [0.717, 1.165) is 11.1 Å². The molecule has 4 aromatic rings. The topological polar surface area (TPSA) is 25.8 Å². The van der Waals surface area contributed by atoms with Crippen molar-refractivity contribution in [2.45, 2.75) is 19.3 Å². The number of hydrogen-bond donors (Lipinski definition) is 0. The molecule has 0 atom stereocenters. The molecule has 5 rings (SSSR count). The van der Waals surface area contributed by atoms with Crippen molar-refractivity contribution in [3.63, 3.8) is 0 Å². The van der Waals surface area contributed by atoms with Crippen LogP contribution in [0, 0.1) is 0 Å². The minimum Gasteiger partial charge on any atom is -0.264 e. The summed E-state index contributed by atoms with van der Waals surface area (Å²) in [7, 11) is 0. The Labute approximate surface area is 159 Å². The van der Waals surface area contributed by atoms with E-state index in [1.54, 1.807) is 0 Å². The standard InChI is InChI=1S/C25H20N2/c1-25(2)23-13-17(19-5-3-11-26-15-19)7-9-21(23)22-10-8-18(14-24(22)25)20-6-4-12-27-16-20/h3-16H,1-2H3. The van der Waals surface area contributed by atoms with Gasteiger partial charge in [-0.25, -0.2) is 0 Å². The molecule has 130 valence electrons. The van der Waals surface area contributed by atoms with Crippen LogP contribution in [0.25, 0.3) is 33.4 Å². The quantitative estimate of drug-likeness (QED) is 0.436. The Morgan fingerprint density at radius 2 is 1.07 bits per heavy atom. The van der Waals surface area contributed by atoms with Gasteiger partial charge in [0.25, 0.3) is 0 Å². The average Bonchev–Trinajstić information content (AvgIpc) is 2.96. The highest BCUT2D eigenvalue weighted by atomic mass is 14.6. The molecule has 0 bridgehead atoms. The fourth-order valence-corrected chi connectivity index (χ4v) is 4.16. The van der Waals surface area contributed by atoms with E-state index in [4.69, 9.17) is 0 Å². The Bertz CT molecular complexity index is 1040. The summed E-state index contributed by atoms with van der Waals surface area (Å²) in [5, 5.41) is 0. The molecule has 0 unspecified atom stereocenters. The molecule has 27 heavy (non-hydrogen) atoms. The summed E-state index contributed by atoms with van der Waals surface area (Å²) >= 11 is 0. The van der Waals surface area contributed by atoms with Crippen LogP contribution in [-0.4, -0.2) is 9.97 Å². The second-order valence-electron chi connectivity index (χ2n) is 7.63. The molecule has 0 N–H and O–H groups in total. The maximum atomic E-state index is 4.27. The van der Waals surface area contributed by atoms with E-state index in [9.17, 15) is 0 Å². The molecular weight excluding hydrogens is 328 g/mol. The zero-order chi connectivity index (χ0) is 18.4. The van der Waals surface area contributed by atoms with Crippen LogP contribution in [-0.2, 0) is 5.41 Å². The van der Waals surface area contributed by atoms with Crippen molar-refractivity contribution in [3.8, 4) is 33.4 Å². The first kappa shape index (κ1) is 16.0. The fraction of sp³-hybridized carbons (Fsp3) is 0.120. The van der Waals surface area contributed by atoms with Crippen molar-refractivity contribution in [1.82, 2.24) is 9.97 Å². The Hall–Kier alpha value is -3.26. The molecule has 2 nitrogen and oxygen atoms in total. The van der Waals surface area contributed by atoms with Gasteiger partial charge in [-0.05, 0) is 68.8 Å². The van der Waals surface area contributed by atoms with Crippen molar-refractivity contribution in [3.05, 3.63) is 96.6 Å². The van der Waals surface area contributed by atoms with E-state index in [0.29, 0.717) is 0 Å². The third-order valence-electron chi connectivity index (χ3n) is 5.67. The summed E-state index contributed by atoms with van der Waals surface area (Å²) in [5.41, 5.74) is 10.1. The molecule has 0 fully saturated rings. The number of rotatable bonds is 2. The van der Waals surface area contributed by atoms with Gasteiger partial charge in [0.1, 0.15) is 0 Å². The van der Waals surface area contributed by atoms with Crippen LogP contribution in [0.4, 0.5) is 0 Å². The normalized spacial score (nSPS) is 13.9. The minimum absolute atomic E-state index is 0.0406. The van der Waals surface area contributed by atoms with Gasteiger partial charge in [-0.15, -0.1) is 0 Å². The third kappa shape index (κ3) is 2.48. The first-order valence-corrected chi connectivity index (χ1v) is 9.25. The Kier molecular flexibility index (Phi) is 3.48. The van der Waals surface area contributed by atoms with E-state index < -0.39 is 0 Å². The lowest BCUT2D eigenvalue weighted by Crippen LogP contribution is -2.15. The number of benzene rings is 2. The summed E-state index contributed by atoms with van der Waals surface area (Å²) in [5.74, 6) is 0. The second kappa shape index (κ2) is 5.88. The largest absolute Gasteiger partial charge is 0.264 e. The van der Waals surface area contributed by atoms with E-state index in [-0.39, 0.29) is 5.41 Å². The number of nitrogens with zero attached hydrogens (tertiary/aromatic N) is 2. The van der Waals surface area contributed by atoms with Crippen LogP contribution < -0.4 is 0 Å². The minimum atomic E-state index is -0.0406. The average molecular weight is 348 g/mol. The van der Waals surface area contributed by atoms with Crippen LogP contribution in [0.2, 0.25) is 0 Å². The molecule has 2 aromatic carbocycles. The van der Waals surface area contributed by atoms with Gasteiger partial charge in [0.15, 0.2) is 0 Å². The van der Waals surface area contributed by atoms with Crippen LogP contribution in [0.5, 0.6) is 0 Å². The van der Waals surface area contributed by atoms with Gasteiger partial charge in [0, 0.05) is 30.2 Å². The summed E-state index contributed by atoms with van der Waals surface area (Å²) in [6.07, 6.45) is 7.49. The predicted octanol–water partition coefficient (Wildman–Crippen LogP) is 6.12. The van der Waals surface area contributed by atoms with Crippen LogP contribution in [0.15, 0.2) is 85.5 Å². The fourth-order valence-electron chi connectivity index (χ4n) is 4.16. The number of aromatic nitrogens is 2. The maximum Gasteiger partial charge on any atom is 0.0346 e. The van der Waals surface area contributed by atoms with E-state index >= 15 is 0 Å². The molecule has 2 aromatic heterocycles. The van der Waals surface area contributed by atoms with Gasteiger partial charge in [0.2, 0.25) is 0 Å². The van der Waals surface area contributed by atoms with Gasteiger partial charge in [-0.2, -0.15) is 0 Å². The third-order valence-corrected chi connectivity index (χ3v) is 5.67. The number of fused-ring (bicyclic) bond motifs is 3. The molecule has 0 saturated heterocycles. The first-order valence-electron chi connectivity index (χ1n) is 9.25. The Morgan fingerprint density at radius 1 is 0.593 bits per heavy atom. The molecule has 0 amide bonds. The summed E-state index contributed by atoms with van der Waals surface area (Å²) in [4.78, 5) is 8.54. The number of pyridine rings is 2. The lowest BCUT2D eigenvalue weighted by atomic mass is 9.81. The zero-order valence-corrected chi connectivity index (χ0v) is 15.5. The zero-order valence-electron chi connectivity index (χ0n) is 15.5. The van der Waals surface area contributed by atoms with Crippen molar-refractivity contribution >= 4 is 0 Å². The van der Waals surface area contributed by atoms with Gasteiger partial charge < -0.3 is 0 Å². The summed E-state index contributed by atoms with van der Waals surface area (Å²) < 4.78 is 0. The van der Waals surface area contributed by atoms with Crippen LogP contribution >= 0.6 is 0 Å². The SMILES string of the molecule is CC1(C)c2cc(-c3cccnc3)ccc2-c2ccc(-c3cccnc3)cc21. The summed E-state index contributed by atoms with van der Waals surface area (Å²) in [6.45, 7) is 4.63. The molecule has 1 aliphatic rings. The lowest BCUT2D eigenvalue weighted by Gasteiger charge is -2.22. The molecule has 1 aliphatic carbocycles. The number of hydrogen-bond acceptors (Lipinski definition) is 2. The molecule has 0 radical (unpaired) electrons. The van der Waals surface area contributed by atoms with Gasteiger partial charge in [0.05, 0.1) is 0 Å². The molecule has 0 spiro atoms. The monoisotopic (exact) mass is 348 g/mol. The highest BCUT2D eigenvalue weighted by Crippen LogP contribution is 2.50. The van der Waals surface area contributed by atoms with E-state index in [1.807, 2.05) is 36.9 Å².